The second-order valence-electron chi connectivity index (χ2n) is 4.49. The predicted molar refractivity (Wildman–Crippen MR) is 86.9 cm³/mol. The molecule has 0 amide bonds. The Hall–Kier alpha value is -1.98. The molecule has 21 heavy (non-hydrogen) atoms. The van der Waals surface area contributed by atoms with Crippen LogP contribution >= 0.6 is 23.4 Å². The van der Waals surface area contributed by atoms with E-state index in [1.807, 2.05) is 24.3 Å². The number of nitrogens with two attached hydrogens (primary N) is 1. The van der Waals surface area contributed by atoms with Crippen molar-refractivity contribution in [1.82, 2.24) is 9.38 Å². The summed E-state index contributed by atoms with van der Waals surface area (Å²) in [5.74, 6) is 0.586. The van der Waals surface area contributed by atoms with E-state index >= 15 is 0 Å². The highest BCUT2D eigenvalue weighted by Crippen LogP contribution is 2.26. The number of fused-ring (bicyclic) bond motifs is 1. The standard InChI is InChI=1S/C15H12ClN3OS/c16-10-5-6-14-18-11(7-15(20)19(14)8-10)9-21-13-4-2-1-3-12(13)17/h1-8H,9,17H2. The number of anilines is 1. The molecule has 0 aliphatic heterocycles. The summed E-state index contributed by atoms with van der Waals surface area (Å²) in [6, 6.07) is 12.6. The number of para-hydroxylation sites is 1. The molecule has 2 N–H and O–H groups in total. The fourth-order valence-corrected chi connectivity index (χ4v) is 2.99. The molecule has 3 rings (SSSR count). The van der Waals surface area contributed by atoms with E-state index in [2.05, 4.69) is 4.98 Å². The quantitative estimate of drug-likeness (QED) is 0.595. The molecule has 1 aromatic carbocycles. The highest BCUT2D eigenvalue weighted by molar-refractivity contribution is 7.98. The van der Waals surface area contributed by atoms with Crippen molar-refractivity contribution in [2.45, 2.75) is 10.6 Å². The molecule has 0 spiro atoms. The molecule has 6 heteroatoms. The van der Waals surface area contributed by atoms with Crippen molar-refractivity contribution in [3.63, 3.8) is 0 Å². The monoisotopic (exact) mass is 317 g/mol. The minimum Gasteiger partial charge on any atom is -0.398 e. The number of pyridine rings is 1. The summed E-state index contributed by atoms with van der Waals surface area (Å²) >= 11 is 7.44. The third-order valence-corrected chi connectivity index (χ3v) is 4.32. The molecular formula is C15H12ClN3OS. The Bertz CT molecular complexity index is 863. The van der Waals surface area contributed by atoms with Crippen molar-refractivity contribution in [2.24, 2.45) is 0 Å². The van der Waals surface area contributed by atoms with Crippen LogP contribution in [-0.4, -0.2) is 9.38 Å². The van der Waals surface area contributed by atoms with Crippen LogP contribution in [-0.2, 0) is 5.75 Å². The number of benzene rings is 1. The molecule has 0 aliphatic rings. The van der Waals surface area contributed by atoms with Crippen molar-refractivity contribution in [2.75, 3.05) is 5.73 Å². The van der Waals surface area contributed by atoms with Crippen molar-refractivity contribution in [1.29, 1.82) is 0 Å². The van der Waals surface area contributed by atoms with Crippen LogP contribution in [0.3, 0.4) is 0 Å². The number of aromatic nitrogens is 2. The van der Waals surface area contributed by atoms with Gasteiger partial charge in [0.05, 0.1) is 10.7 Å². The zero-order valence-electron chi connectivity index (χ0n) is 11.0. The molecule has 106 valence electrons. The summed E-state index contributed by atoms with van der Waals surface area (Å²) in [4.78, 5) is 17.5. The van der Waals surface area contributed by atoms with Gasteiger partial charge >= 0.3 is 0 Å². The molecule has 0 saturated heterocycles. The van der Waals surface area contributed by atoms with Crippen molar-refractivity contribution in [3.8, 4) is 0 Å². The molecule has 0 atom stereocenters. The van der Waals surface area contributed by atoms with Crippen LogP contribution in [0.4, 0.5) is 5.69 Å². The zero-order chi connectivity index (χ0) is 14.8. The van der Waals surface area contributed by atoms with E-state index in [4.69, 9.17) is 17.3 Å². The first kappa shape index (κ1) is 14.0. The fourth-order valence-electron chi connectivity index (χ4n) is 1.96. The Labute approximate surface area is 130 Å². The molecular weight excluding hydrogens is 306 g/mol. The Kier molecular flexibility index (Phi) is 3.86. The van der Waals surface area contributed by atoms with Crippen LogP contribution in [0.25, 0.3) is 5.65 Å². The van der Waals surface area contributed by atoms with Gasteiger partial charge < -0.3 is 5.73 Å². The minimum atomic E-state index is -0.140. The van der Waals surface area contributed by atoms with E-state index in [0.29, 0.717) is 16.4 Å². The largest absolute Gasteiger partial charge is 0.398 e. The zero-order valence-corrected chi connectivity index (χ0v) is 12.6. The maximum atomic E-state index is 12.1. The van der Waals surface area contributed by atoms with Gasteiger partial charge in [-0.25, -0.2) is 4.98 Å². The first-order valence-electron chi connectivity index (χ1n) is 6.28. The first-order valence-corrected chi connectivity index (χ1v) is 7.65. The number of thioether (sulfide) groups is 1. The molecule has 0 bridgehead atoms. The molecule has 0 radical (unpaired) electrons. The number of halogens is 1. The number of nitrogens with zero attached hydrogens (tertiary/aromatic N) is 2. The highest BCUT2D eigenvalue weighted by atomic mass is 35.5. The Balaban J connectivity index is 1.90. The second-order valence-corrected chi connectivity index (χ2v) is 5.94. The number of hydrogen-bond donors (Lipinski definition) is 1. The lowest BCUT2D eigenvalue weighted by Gasteiger charge is -2.06. The number of hydrogen-bond acceptors (Lipinski definition) is 4. The average molecular weight is 318 g/mol. The average Bonchev–Trinajstić information content (AvgIpc) is 2.47. The second kappa shape index (κ2) is 5.79. The van der Waals surface area contributed by atoms with Crippen LogP contribution in [0.2, 0.25) is 5.02 Å². The van der Waals surface area contributed by atoms with Crippen LogP contribution in [0.1, 0.15) is 5.69 Å². The fraction of sp³-hybridized carbons (Fsp3) is 0.0667. The SMILES string of the molecule is Nc1ccccc1SCc1cc(=O)n2cc(Cl)ccc2n1. The Morgan fingerprint density at radius 2 is 2.05 bits per heavy atom. The van der Waals surface area contributed by atoms with Gasteiger partial charge in [-0.2, -0.15) is 0 Å². The summed E-state index contributed by atoms with van der Waals surface area (Å²) in [6.07, 6.45) is 1.57. The minimum absolute atomic E-state index is 0.140. The van der Waals surface area contributed by atoms with Crippen LogP contribution in [0.15, 0.2) is 58.4 Å². The molecule has 4 nitrogen and oxygen atoms in total. The van der Waals surface area contributed by atoms with E-state index in [1.165, 1.54) is 10.5 Å². The van der Waals surface area contributed by atoms with Crippen LogP contribution in [0.5, 0.6) is 0 Å². The van der Waals surface area contributed by atoms with Crippen LogP contribution in [0, 0.1) is 0 Å². The van der Waals surface area contributed by atoms with Crippen LogP contribution < -0.4 is 11.3 Å². The molecule has 0 aliphatic carbocycles. The van der Waals surface area contributed by atoms with Crippen molar-refractivity contribution >= 4 is 34.7 Å². The molecule has 0 unspecified atom stereocenters. The molecule has 2 aromatic heterocycles. The summed E-state index contributed by atoms with van der Waals surface area (Å²) in [5, 5.41) is 0.505. The van der Waals surface area contributed by atoms with Crippen molar-refractivity contribution in [3.05, 3.63) is 69.7 Å². The predicted octanol–water partition coefficient (Wildman–Crippen LogP) is 3.22. The van der Waals surface area contributed by atoms with Gasteiger partial charge in [0.2, 0.25) is 0 Å². The lowest BCUT2D eigenvalue weighted by Crippen LogP contribution is -2.15. The van der Waals surface area contributed by atoms with E-state index in [9.17, 15) is 4.79 Å². The Morgan fingerprint density at radius 1 is 1.24 bits per heavy atom. The molecule has 0 saturated carbocycles. The van der Waals surface area contributed by atoms with E-state index in [1.54, 1.807) is 30.1 Å². The number of rotatable bonds is 3. The van der Waals surface area contributed by atoms with Crippen molar-refractivity contribution < 1.29 is 0 Å². The maximum absolute atomic E-state index is 12.1. The van der Waals surface area contributed by atoms with Gasteiger partial charge in [-0.1, -0.05) is 23.7 Å². The molecule has 0 fully saturated rings. The summed E-state index contributed by atoms with van der Waals surface area (Å²) in [5.41, 5.74) is 7.79. The maximum Gasteiger partial charge on any atom is 0.258 e. The topological polar surface area (TPSA) is 60.4 Å². The van der Waals surface area contributed by atoms with E-state index < -0.39 is 0 Å². The van der Waals surface area contributed by atoms with Gasteiger partial charge in [-0.05, 0) is 24.3 Å². The summed E-state index contributed by atoms with van der Waals surface area (Å²) < 4.78 is 1.44. The normalized spacial score (nSPS) is 10.9. The highest BCUT2D eigenvalue weighted by Gasteiger charge is 2.05. The summed E-state index contributed by atoms with van der Waals surface area (Å²) in [6.45, 7) is 0. The number of nitrogen functional groups attached to an aromatic ring is 1. The lowest BCUT2D eigenvalue weighted by atomic mass is 10.3. The van der Waals surface area contributed by atoms with Gasteiger partial charge in [-0.3, -0.25) is 9.20 Å². The lowest BCUT2D eigenvalue weighted by molar-refractivity contribution is 1.01. The Morgan fingerprint density at radius 3 is 2.86 bits per heavy atom. The molecule has 2 heterocycles. The van der Waals surface area contributed by atoms with Gasteiger partial charge in [-0.15, -0.1) is 11.8 Å². The smallest absolute Gasteiger partial charge is 0.258 e. The van der Waals surface area contributed by atoms with E-state index in [0.717, 1.165) is 16.3 Å². The van der Waals surface area contributed by atoms with Gasteiger partial charge in [0.15, 0.2) is 0 Å². The third kappa shape index (κ3) is 3.04. The van der Waals surface area contributed by atoms with Gasteiger partial charge in [0.1, 0.15) is 5.65 Å². The molecule has 3 aromatic rings. The third-order valence-electron chi connectivity index (χ3n) is 2.97. The van der Waals surface area contributed by atoms with Gasteiger partial charge in [0.25, 0.3) is 5.56 Å². The van der Waals surface area contributed by atoms with E-state index in [-0.39, 0.29) is 5.56 Å². The summed E-state index contributed by atoms with van der Waals surface area (Å²) in [7, 11) is 0. The first-order chi connectivity index (χ1) is 10.1. The van der Waals surface area contributed by atoms with Gasteiger partial charge in [0, 0.05) is 28.6 Å².